The second-order valence-corrected chi connectivity index (χ2v) is 6.58. The normalized spacial score (nSPS) is 19.7. The first-order valence-electron chi connectivity index (χ1n) is 8.76. The quantitative estimate of drug-likeness (QED) is 0.784. The molecule has 0 spiro atoms. The molecule has 2 N–H and O–H groups in total. The maximum absolute atomic E-state index is 13.0. The molecule has 3 heterocycles. The lowest BCUT2D eigenvalue weighted by Crippen LogP contribution is -2.30. The Morgan fingerprint density at radius 1 is 1.12 bits per heavy atom. The molecule has 132 valence electrons. The first-order valence-corrected chi connectivity index (χ1v) is 8.76. The minimum Gasteiger partial charge on any atom is -0.338 e. The standard InChI is InChI=1S/C20H21N5O/c21-12-17-13-24(14-18(17)15-5-2-1-3-6-15)20(26)16-7-9-22-19(11-16)25-10-4-8-23-25/h1-11,17-18H,12-14,21H2/t17-,18+/m1/s1. The Morgan fingerprint density at radius 2 is 1.96 bits per heavy atom. The summed E-state index contributed by atoms with van der Waals surface area (Å²) >= 11 is 0. The van der Waals surface area contributed by atoms with E-state index in [4.69, 9.17) is 5.73 Å². The van der Waals surface area contributed by atoms with Crippen molar-refractivity contribution in [1.82, 2.24) is 19.7 Å². The third-order valence-electron chi connectivity index (χ3n) is 4.99. The van der Waals surface area contributed by atoms with E-state index in [1.54, 1.807) is 29.2 Å². The van der Waals surface area contributed by atoms with Gasteiger partial charge in [0.05, 0.1) is 0 Å². The van der Waals surface area contributed by atoms with Gasteiger partial charge in [0.2, 0.25) is 0 Å². The molecule has 6 heteroatoms. The molecule has 1 aliphatic rings. The second kappa shape index (κ2) is 7.09. The lowest BCUT2D eigenvalue weighted by molar-refractivity contribution is 0.0786. The van der Waals surface area contributed by atoms with Gasteiger partial charge in [-0.25, -0.2) is 9.67 Å². The Morgan fingerprint density at radius 3 is 2.69 bits per heavy atom. The minimum atomic E-state index is 0.0117. The van der Waals surface area contributed by atoms with Gasteiger partial charge in [-0.15, -0.1) is 0 Å². The van der Waals surface area contributed by atoms with E-state index in [0.29, 0.717) is 31.0 Å². The van der Waals surface area contributed by atoms with Crippen molar-refractivity contribution in [2.24, 2.45) is 11.7 Å². The molecule has 1 aliphatic heterocycles. The van der Waals surface area contributed by atoms with Crippen LogP contribution in [0.3, 0.4) is 0 Å². The van der Waals surface area contributed by atoms with Gasteiger partial charge >= 0.3 is 0 Å². The third kappa shape index (κ3) is 3.11. The van der Waals surface area contributed by atoms with Crippen molar-refractivity contribution in [3.8, 4) is 5.82 Å². The van der Waals surface area contributed by atoms with E-state index >= 15 is 0 Å². The number of aromatic nitrogens is 3. The predicted molar refractivity (Wildman–Crippen MR) is 99.0 cm³/mol. The van der Waals surface area contributed by atoms with Gasteiger partial charge in [0, 0.05) is 43.2 Å². The lowest BCUT2D eigenvalue weighted by atomic mass is 9.89. The highest BCUT2D eigenvalue weighted by atomic mass is 16.2. The largest absolute Gasteiger partial charge is 0.338 e. The number of amides is 1. The lowest BCUT2D eigenvalue weighted by Gasteiger charge is -2.17. The van der Waals surface area contributed by atoms with Crippen molar-refractivity contribution in [3.63, 3.8) is 0 Å². The van der Waals surface area contributed by atoms with Crippen LogP contribution in [-0.4, -0.2) is 45.2 Å². The zero-order valence-electron chi connectivity index (χ0n) is 14.4. The first-order chi connectivity index (χ1) is 12.8. The Hall–Kier alpha value is -2.99. The van der Waals surface area contributed by atoms with E-state index in [0.717, 1.165) is 0 Å². The van der Waals surface area contributed by atoms with Crippen LogP contribution >= 0.6 is 0 Å². The fraction of sp³-hybridized carbons (Fsp3) is 0.250. The van der Waals surface area contributed by atoms with Gasteiger partial charge in [0.25, 0.3) is 5.91 Å². The average Bonchev–Trinajstić information content (AvgIpc) is 3.38. The summed E-state index contributed by atoms with van der Waals surface area (Å²) in [6.07, 6.45) is 5.14. The van der Waals surface area contributed by atoms with E-state index < -0.39 is 0 Å². The van der Waals surface area contributed by atoms with Crippen molar-refractivity contribution in [2.75, 3.05) is 19.6 Å². The monoisotopic (exact) mass is 347 g/mol. The third-order valence-corrected chi connectivity index (χ3v) is 4.99. The number of likely N-dealkylation sites (tertiary alicyclic amines) is 1. The molecule has 0 aliphatic carbocycles. The first kappa shape index (κ1) is 16.5. The van der Waals surface area contributed by atoms with Crippen molar-refractivity contribution in [1.29, 1.82) is 0 Å². The Kier molecular flexibility index (Phi) is 4.50. The molecular formula is C20H21N5O. The summed E-state index contributed by atoms with van der Waals surface area (Å²) in [7, 11) is 0. The summed E-state index contributed by atoms with van der Waals surface area (Å²) in [6.45, 7) is 1.93. The summed E-state index contributed by atoms with van der Waals surface area (Å²) in [5.74, 6) is 1.19. The van der Waals surface area contributed by atoms with Gasteiger partial charge in [0.1, 0.15) is 0 Å². The van der Waals surface area contributed by atoms with Crippen LogP contribution in [0.25, 0.3) is 5.82 Å². The number of nitrogens with two attached hydrogens (primary N) is 1. The molecule has 0 saturated carbocycles. The van der Waals surface area contributed by atoms with Gasteiger partial charge in [-0.2, -0.15) is 5.10 Å². The van der Waals surface area contributed by atoms with Crippen LogP contribution in [0.5, 0.6) is 0 Å². The van der Waals surface area contributed by atoms with E-state index in [2.05, 4.69) is 22.2 Å². The summed E-state index contributed by atoms with van der Waals surface area (Å²) in [5.41, 5.74) is 7.85. The minimum absolute atomic E-state index is 0.0117. The number of nitrogens with zero attached hydrogens (tertiary/aromatic N) is 4. The number of rotatable bonds is 4. The van der Waals surface area contributed by atoms with Crippen LogP contribution in [0.15, 0.2) is 67.1 Å². The van der Waals surface area contributed by atoms with Crippen molar-refractivity contribution < 1.29 is 4.79 Å². The zero-order chi connectivity index (χ0) is 17.9. The molecule has 1 saturated heterocycles. The Labute approximate surface area is 152 Å². The van der Waals surface area contributed by atoms with Crippen LogP contribution < -0.4 is 5.73 Å². The highest BCUT2D eigenvalue weighted by Gasteiger charge is 2.35. The van der Waals surface area contributed by atoms with Crippen molar-refractivity contribution in [3.05, 3.63) is 78.2 Å². The SMILES string of the molecule is NC[C@@H]1CN(C(=O)c2ccnc(-n3cccn3)c2)C[C@H]1c1ccccc1. The molecular weight excluding hydrogens is 326 g/mol. The number of carbonyl (C=O) groups excluding carboxylic acids is 1. The fourth-order valence-corrected chi connectivity index (χ4v) is 3.62. The number of hydrogen-bond acceptors (Lipinski definition) is 4. The molecule has 1 fully saturated rings. The topological polar surface area (TPSA) is 77.0 Å². The highest BCUT2D eigenvalue weighted by Crippen LogP contribution is 2.32. The average molecular weight is 347 g/mol. The van der Waals surface area contributed by atoms with Crippen LogP contribution in [-0.2, 0) is 0 Å². The highest BCUT2D eigenvalue weighted by molar-refractivity contribution is 5.94. The van der Waals surface area contributed by atoms with Gasteiger partial charge in [-0.3, -0.25) is 4.79 Å². The van der Waals surface area contributed by atoms with Crippen LogP contribution in [0.2, 0.25) is 0 Å². The van der Waals surface area contributed by atoms with Gasteiger partial charge in [0.15, 0.2) is 5.82 Å². The molecule has 0 bridgehead atoms. The zero-order valence-corrected chi connectivity index (χ0v) is 14.4. The molecule has 6 nitrogen and oxygen atoms in total. The van der Waals surface area contributed by atoms with E-state index in [1.807, 2.05) is 35.4 Å². The molecule has 0 radical (unpaired) electrons. The van der Waals surface area contributed by atoms with E-state index in [9.17, 15) is 4.79 Å². The molecule has 0 unspecified atom stereocenters. The summed E-state index contributed by atoms with van der Waals surface area (Å²) in [5, 5.41) is 4.17. The maximum Gasteiger partial charge on any atom is 0.254 e. The van der Waals surface area contributed by atoms with Crippen molar-refractivity contribution in [2.45, 2.75) is 5.92 Å². The molecule has 26 heavy (non-hydrogen) atoms. The van der Waals surface area contributed by atoms with E-state index in [-0.39, 0.29) is 17.7 Å². The fourth-order valence-electron chi connectivity index (χ4n) is 3.62. The van der Waals surface area contributed by atoms with E-state index in [1.165, 1.54) is 5.56 Å². The van der Waals surface area contributed by atoms with Gasteiger partial charge in [-0.1, -0.05) is 30.3 Å². The number of pyridine rings is 1. The molecule has 1 aromatic carbocycles. The van der Waals surface area contributed by atoms with Crippen LogP contribution in [0, 0.1) is 5.92 Å². The molecule has 2 atom stereocenters. The summed E-state index contributed by atoms with van der Waals surface area (Å²) in [4.78, 5) is 19.2. The van der Waals surface area contributed by atoms with Gasteiger partial charge < -0.3 is 10.6 Å². The van der Waals surface area contributed by atoms with Crippen molar-refractivity contribution >= 4 is 5.91 Å². The maximum atomic E-state index is 13.0. The molecule has 2 aromatic heterocycles. The Balaban J connectivity index is 1.56. The molecule has 3 aromatic rings. The van der Waals surface area contributed by atoms with Crippen LogP contribution in [0.1, 0.15) is 21.8 Å². The number of hydrogen-bond donors (Lipinski definition) is 1. The van der Waals surface area contributed by atoms with Gasteiger partial charge in [-0.05, 0) is 36.2 Å². The second-order valence-electron chi connectivity index (χ2n) is 6.58. The number of carbonyl (C=O) groups is 1. The summed E-state index contributed by atoms with van der Waals surface area (Å²) < 4.78 is 1.65. The smallest absolute Gasteiger partial charge is 0.254 e. The predicted octanol–water partition coefficient (Wildman–Crippen LogP) is 2.08. The van der Waals surface area contributed by atoms with Crippen LogP contribution in [0.4, 0.5) is 0 Å². The molecule has 1 amide bonds. The molecule has 4 rings (SSSR count). The number of benzene rings is 1. The Bertz CT molecular complexity index is 878. The summed E-state index contributed by atoms with van der Waals surface area (Å²) in [6, 6.07) is 15.7.